The highest BCUT2D eigenvalue weighted by Gasteiger charge is 2.17. The standard InChI is InChI=1S/C14H16N2O3/c1-2-3-9-15-14(19)16-12(10-13(17)18)11-7-5-4-6-8-11/h4-8,12H,9-10H2,1H3,(H,17,18)(H2,15,16,19). The number of rotatable bonds is 5. The van der Waals surface area contributed by atoms with Crippen molar-refractivity contribution in [2.24, 2.45) is 0 Å². The molecule has 0 bridgehead atoms. The molecule has 1 aromatic carbocycles. The van der Waals surface area contributed by atoms with E-state index in [-0.39, 0.29) is 13.0 Å². The Kier molecular flexibility index (Phi) is 5.96. The van der Waals surface area contributed by atoms with Crippen LogP contribution in [0.5, 0.6) is 0 Å². The molecule has 3 N–H and O–H groups in total. The second-order valence-electron chi connectivity index (χ2n) is 3.81. The topological polar surface area (TPSA) is 78.4 Å². The van der Waals surface area contributed by atoms with Crippen molar-refractivity contribution >= 4 is 12.0 Å². The van der Waals surface area contributed by atoms with Crippen LogP contribution in [0.4, 0.5) is 4.79 Å². The number of carbonyl (C=O) groups is 2. The van der Waals surface area contributed by atoms with Gasteiger partial charge in [0.25, 0.3) is 0 Å². The lowest BCUT2D eigenvalue weighted by Gasteiger charge is -2.17. The highest BCUT2D eigenvalue weighted by Crippen LogP contribution is 2.16. The highest BCUT2D eigenvalue weighted by molar-refractivity contribution is 5.76. The molecule has 0 fully saturated rings. The minimum Gasteiger partial charge on any atom is -0.481 e. The molecule has 1 atom stereocenters. The Bertz CT molecular complexity index is 488. The number of aliphatic carboxylic acids is 1. The van der Waals surface area contributed by atoms with Gasteiger partial charge in [-0.25, -0.2) is 4.79 Å². The Morgan fingerprint density at radius 2 is 2.00 bits per heavy atom. The zero-order chi connectivity index (χ0) is 14.1. The Morgan fingerprint density at radius 1 is 1.32 bits per heavy atom. The van der Waals surface area contributed by atoms with Gasteiger partial charge >= 0.3 is 12.0 Å². The zero-order valence-corrected chi connectivity index (χ0v) is 10.6. The number of urea groups is 1. The third-order valence-electron chi connectivity index (χ3n) is 2.40. The van der Waals surface area contributed by atoms with Crippen LogP contribution < -0.4 is 10.6 Å². The van der Waals surface area contributed by atoms with Crippen LogP contribution in [-0.2, 0) is 4.79 Å². The summed E-state index contributed by atoms with van der Waals surface area (Å²) in [5, 5.41) is 14.0. The van der Waals surface area contributed by atoms with Gasteiger partial charge in [0.15, 0.2) is 0 Å². The molecule has 2 amide bonds. The van der Waals surface area contributed by atoms with E-state index in [2.05, 4.69) is 22.5 Å². The van der Waals surface area contributed by atoms with E-state index in [0.717, 1.165) is 5.56 Å². The lowest BCUT2D eigenvalue weighted by molar-refractivity contribution is -0.137. The van der Waals surface area contributed by atoms with E-state index >= 15 is 0 Å². The first-order valence-electron chi connectivity index (χ1n) is 5.84. The van der Waals surface area contributed by atoms with E-state index in [4.69, 9.17) is 5.11 Å². The monoisotopic (exact) mass is 260 g/mol. The van der Waals surface area contributed by atoms with Gasteiger partial charge in [-0.2, -0.15) is 0 Å². The van der Waals surface area contributed by atoms with Gasteiger partial charge in [-0.3, -0.25) is 4.79 Å². The maximum Gasteiger partial charge on any atom is 0.316 e. The summed E-state index contributed by atoms with van der Waals surface area (Å²) in [5.41, 5.74) is 0.752. The van der Waals surface area contributed by atoms with Crippen LogP contribution in [0.3, 0.4) is 0 Å². The fourth-order valence-corrected chi connectivity index (χ4v) is 1.53. The van der Waals surface area contributed by atoms with Crippen molar-refractivity contribution in [1.29, 1.82) is 0 Å². The molecule has 0 aliphatic carbocycles. The van der Waals surface area contributed by atoms with Gasteiger partial charge in [-0.1, -0.05) is 36.3 Å². The molecule has 0 saturated carbocycles. The number of amides is 2. The number of benzene rings is 1. The molecule has 5 heteroatoms. The number of carboxylic acids is 1. The molecule has 0 aliphatic rings. The van der Waals surface area contributed by atoms with Crippen molar-refractivity contribution < 1.29 is 14.7 Å². The van der Waals surface area contributed by atoms with E-state index in [1.807, 2.05) is 6.07 Å². The third-order valence-corrected chi connectivity index (χ3v) is 2.40. The molecule has 0 heterocycles. The molecule has 0 radical (unpaired) electrons. The largest absolute Gasteiger partial charge is 0.481 e. The number of carbonyl (C=O) groups excluding carboxylic acids is 1. The van der Waals surface area contributed by atoms with Gasteiger partial charge in [-0.05, 0) is 12.5 Å². The second kappa shape index (κ2) is 7.77. The summed E-state index contributed by atoms with van der Waals surface area (Å²) in [7, 11) is 0. The predicted octanol–water partition coefficient (Wildman–Crippen LogP) is 1.52. The predicted molar refractivity (Wildman–Crippen MR) is 71.4 cm³/mol. The maximum atomic E-state index is 11.6. The summed E-state index contributed by atoms with van der Waals surface area (Å²) in [4.78, 5) is 22.4. The van der Waals surface area contributed by atoms with Gasteiger partial charge in [0, 0.05) is 0 Å². The Hall–Kier alpha value is -2.48. The van der Waals surface area contributed by atoms with Crippen LogP contribution in [0.1, 0.15) is 24.9 Å². The average Bonchev–Trinajstić information content (AvgIpc) is 2.39. The SMILES string of the molecule is CC#CCNC(=O)NC(CC(=O)O)c1ccccc1. The van der Waals surface area contributed by atoms with Crippen molar-refractivity contribution in [3.05, 3.63) is 35.9 Å². The number of carboxylic acid groups (broad SMARTS) is 1. The van der Waals surface area contributed by atoms with E-state index in [9.17, 15) is 9.59 Å². The summed E-state index contributed by atoms with van der Waals surface area (Å²) in [6.07, 6.45) is -0.170. The van der Waals surface area contributed by atoms with Crippen molar-refractivity contribution in [3.8, 4) is 11.8 Å². The van der Waals surface area contributed by atoms with Gasteiger partial charge in [0.05, 0.1) is 19.0 Å². The average molecular weight is 260 g/mol. The highest BCUT2D eigenvalue weighted by atomic mass is 16.4. The third kappa shape index (κ3) is 5.59. The quantitative estimate of drug-likeness (QED) is 0.702. The van der Waals surface area contributed by atoms with Crippen molar-refractivity contribution in [1.82, 2.24) is 10.6 Å². The Balaban J connectivity index is 2.66. The Labute approximate surface area is 112 Å². The first kappa shape index (κ1) is 14.6. The molecule has 0 aromatic heterocycles. The van der Waals surface area contributed by atoms with Crippen molar-refractivity contribution in [2.75, 3.05) is 6.54 Å². The lowest BCUT2D eigenvalue weighted by Crippen LogP contribution is -2.38. The lowest BCUT2D eigenvalue weighted by atomic mass is 10.0. The van der Waals surface area contributed by atoms with E-state index in [1.54, 1.807) is 31.2 Å². The van der Waals surface area contributed by atoms with Gasteiger partial charge in [0.2, 0.25) is 0 Å². The zero-order valence-electron chi connectivity index (χ0n) is 10.6. The van der Waals surface area contributed by atoms with Crippen LogP contribution in [0.15, 0.2) is 30.3 Å². The smallest absolute Gasteiger partial charge is 0.316 e. The van der Waals surface area contributed by atoms with Crippen LogP contribution in [0.25, 0.3) is 0 Å². The van der Waals surface area contributed by atoms with Crippen LogP contribution in [-0.4, -0.2) is 23.7 Å². The first-order chi connectivity index (χ1) is 9.13. The minimum absolute atomic E-state index is 0.170. The summed E-state index contributed by atoms with van der Waals surface area (Å²) < 4.78 is 0. The second-order valence-corrected chi connectivity index (χ2v) is 3.81. The normalized spacial score (nSPS) is 10.8. The van der Waals surface area contributed by atoms with E-state index in [0.29, 0.717) is 0 Å². The molecule has 100 valence electrons. The van der Waals surface area contributed by atoms with Gasteiger partial charge in [0.1, 0.15) is 0 Å². The van der Waals surface area contributed by atoms with Crippen LogP contribution in [0, 0.1) is 11.8 Å². The number of hydrogen-bond acceptors (Lipinski definition) is 2. The molecular weight excluding hydrogens is 244 g/mol. The minimum atomic E-state index is -0.970. The fourth-order valence-electron chi connectivity index (χ4n) is 1.53. The maximum absolute atomic E-state index is 11.6. The molecule has 1 rings (SSSR count). The molecule has 1 aromatic rings. The van der Waals surface area contributed by atoms with Crippen molar-refractivity contribution in [2.45, 2.75) is 19.4 Å². The molecular formula is C14H16N2O3. The molecule has 1 unspecified atom stereocenters. The van der Waals surface area contributed by atoms with E-state index in [1.165, 1.54) is 0 Å². The number of hydrogen-bond donors (Lipinski definition) is 3. The molecule has 0 saturated heterocycles. The van der Waals surface area contributed by atoms with Crippen LogP contribution in [0.2, 0.25) is 0 Å². The molecule has 19 heavy (non-hydrogen) atoms. The molecule has 5 nitrogen and oxygen atoms in total. The van der Waals surface area contributed by atoms with Crippen LogP contribution >= 0.6 is 0 Å². The van der Waals surface area contributed by atoms with Gasteiger partial charge in [-0.15, -0.1) is 5.92 Å². The molecule has 0 spiro atoms. The molecule has 0 aliphatic heterocycles. The summed E-state index contributed by atoms with van der Waals surface area (Å²) in [6, 6.07) is 7.99. The fraction of sp³-hybridized carbons (Fsp3) is 0.286. The summed E-state index contributed by atoms with van der Waals surface area (Å²) >= 11 is 0. The van der Waals surface area contributed by atoms with Crippen molar-refractivity contribution in [3.63, 3.8) is 0 Å². The Morgan fingerprint density at radius 3 is 2.58 bits per heavy atom. The summed E-state index contributed by atoms with van der Waals surface area (Å²) in [5.74, 6) is 4.38. The van der Waals surface area contributed by atoms with E-state index < -0.39 is 18.0 Å². The summed E-state index contributed by atoms with van der Waals surface area (Å²) in [6.45, 7) is 1.91. The first-order valence-corrected chi connectivity index (χ1v) is 5.84. The van der Waals surface area contributed by atoms with Gasteiger partial charge < -0.3 is 15.7 Å². The number of nitrogens with one attached hydrogen (secondary N) is 2.